The molecule has 0 bridgehead atoms. The molecule has 1 saturated heterocycles. The van der Waals surface area contributed by atoms with E-state index in [1.807, 2.05) is 18.2 Å². The first kappa shape index (κ1) is 12.1. The summed E-state index contributed by atoms with van der Waals surface area (Å²) in [7, 11) is 0. The van der Waals surface area contributed by atoms with Crippen molar-refractivity contribution in [1.29, 1.82) is 0 Å². The molecule has 0 unspecified atom stereocenters. The average Bonchev–Trinajstić information content (AvgIpc) is 2.57. The maximum atomic E-state index is 6.06. The van der Waals surface area contributed by atoms with Crippen LogP contribution >= 0.6 is 23.2 Å². The van der Waals surface area contributed by atoms with E-state index in [2.05, 4.69) is 4.90 Å². The number of alkyl halides is 1. The first-order valence-corrected chi connectivity index (χ1v) is 6.82. The van der Waals surface area contributed by atoms with Gasteiger partial charge in [-0.05, 0) is 30.5 Å². The minimum Gasteiger partial charge on any atom is -0.371 e. The van der Waals surface area contributed by atoms with Gasteiger partial charge in [0.15, 0.2) is 0 Å². The Morgan fingerprint density at radius 1 is 1.06 bits per heavy atom. The number of anilines is 1. The van der Waals surface area contributed by atoms with Crippen LogP contribution in [0.1, 0.15) is 31.2 Å². The quantitative estimate of drug-likeness (QED) is 0.708. The second-order valence-corrected chi connectivity index (χ2v) is 5.01. The molecular formula is C13H17Cl2N. The summed E-state index contributed by atoms with van der Waals surface area (Å²) in [6, 6.07) is 6.00. The molecule has 0 amide bonds. The zero-order valence-corrected chi connectivity index (χ0v) is 10.9. The summed E-state index contributed by atoms with van der Waals surface area (Å²) in [6.07, 6.45) is 5.23. The third-order valence-corrected chi connectivity index (χ3v) is 3.66. The van der Waals surface area contributed by atoms with Crippen molar-refractivity contribution in [1.82, 2.24) is 0 Å². The van der Waals surface area contributed by atoms with E-state index in [1.165, 1.54) is 36.9 Å². The van der Waals surface area contributed by atoms with E-state index in [9.17, 15) is 0 Å². The largest absolute Gasteiger partial charge is 0.371 e. The lowest BCUT2D eigenvalue weighted by molar-refractivity contribution is 0.726. The lowest BCUT2D eigenvalue weighted by atomic mass is 10.1. The first-order chi connectivity index (χ1) is 7.81. The summed E-state index contributed by atoms with van der Waals surface area (Å²) in [5, 5.41) is 0.799. The molecule has 16 heavy (non-hydrogen) atoms. The minimum atomic E-state index is 0.559. The second kappa shape index (κ2) is 5.79. The summed E-state index contributed by atoms with van der Waals surface area (Å²) >= 11 is 12.0. The molecule has 1 aliphatic heterocycles. The smallest absolute Gasteiger partial charge is 0.0494 e. The van der Waals surface area contributed by atoms with Gasteiger partial charge in [-0.1, -0.05) is 30.5 Å². The van der Waals surface area contributed by atoms with Crippen LogP contribution in [-0.2, 0) is 5.88 Å². The monoisotopic (exact) mass is 257 g/mol. The Morgan fingerprint density at radius 3 is 2.38 bits per heavy atom. The fourth-order valence-electron chi connectivity index (χ4n) is 2.26. The predicted molar refractivity (Wildman–Crippen MR) is 71.7 cm³/mol. The highest BCUT2D eigenvalue weighted by molar-refractivity contribution is 6.31. The fraction of sp³-hybridized carbons (Fsp3) is 0.538. The highest BCUT2D eigenvalue weighted by atomic mass is 35.5. The van der Waals surface area contributed by atoms with Gasteiger partial charge in [-0.15, -0.1) is 11.6 Å². The Bertz CT molecular complexity index is 344. The first-order valence-electron chi connectivity index (χ1n) is 5.90. The molecule has 1 heterocycles. The van der Waals surface area contributed by atoms with Crippen LogP contribution in [0.5, 0.6) is 0 Å². The average molecular weight is 258 g/mol. The normalized spacial score (nSPS) is 17.2. The summed E-state index contributed by atoms with van der Waals surface area (Å²) in [5.74, 6) is 0.559. The minimum absolute atomic E-state index is 0.559. The van der Waals surface area contributed by atoms with Crippen molar-refractivity contribution in [2.75, 3.05) is 18.0 Å². The number of hydrogen-bond donors (Lipinski definition) is 0. The molecule has 1 aliphatic rings. The molecule has 3 heteroatoms. The number of nitrogens with zero attached hydrogens (tertiary/aromatic N) is 1. The molecule has 1 aromatic rings. The van der Waals surface area contributed by atoms with Crippen molar-refractivity contribution in [2.45, 2.75) is 31.6 Å². The lowest BCUT2D eigenvalue weighted by Gasteiger charge is -2.25. The van der Waals surface area contributed by atoms with Crippen LogP contribution in [-0.4, -0.2) is 13.1 Å². The summed E-state index contributed by atoms with van der Waals surface area (Å²) in [6.45, 7) is 2.26. The van der Waals surface area contributed by atoms with Gasteiger partial charge in [0.1, 0.15) is 0 Å². The van der Waals surface area contributed by atoms with E-state index in [-0.39, 0.29) is 0 Å². The zero-order chi connectivity index (χ0) is 11.4. The van der Waals surface area contributed by atoms with Gasteiger partial charge in [0.25, 0.3) is 0 Å². The molecule has 2 rings (SSSR count). The highest BCUT2D eigenvalue weighted by Crippen LogP contribution is 2.28. The Morgan fingerprint density at radius 2 is 1.75 bits per heavy atom. The van der Waals surface area contributed by atoms with Crippen LogP contribution in [0.4, 0.5) is 5.69 Å². The van der Waals surface area contributed by atoms with Gasteiger partial charge in [0.05, 0.1) is 0 Å². The SMILES string of the molecule is ClCc1ccc(Cl)cc1N1CCCCCC1. The Balaban J connectivity index is 2.25. The Hall–Kier alpha value is -0.400. The predicted octanol–water partition coefficient (Wildman–Crippen LogP) is 4.46. The Labute approximate surface area is 107 Å². The van der Waals surface area contributed by atoms with E-state index in [0.717, 1.165) is 18.1 Å². The molecule has 1 aromatic carbocycles. The Kier molecular flexibility index (Phi) is 4.37. The van der Waals surface area contributed by atoms with Crippen LogP contribution in [0.25, 0.3) is 0 Å². The maximum absolute atomic E-state index is 6.06. The van der Waals surface area contributed by atoms with Crippen LogP contribution in [0.3, 0.4) is 0 Å². The van der Waals surface area contributed by atoms with Crippen LogP contribution in [0, 0.1) is 0 Å². The van der Waals surface area contributed by atoms with E-state index in [0.29, 0.717) is 5.88 Å². The lowest BCUT2D eigenvalue weighted by Crippen LogP contribution is -2.24. The summed E-state index contributed by atoms with van der Waals surface area (Å²) < 4.78 is 0. The molecule has 0 atom stereocenters. The molecule has 0 aromatic heterocycles. The molecule has 88 valence electrons. The second-order valence-electron chi connectivity index (χ2n) is 4.31. The van der Waals surface area contributed by atoms with E-state index in [4.69, 9.17) is 23.2 Å². The van der Waals surface area contributed by atoms with Crippen molar-refractivity contribution in [3.8, 4) is 0 Å². The number of rotatable bonds is 2. The van der Waals surface area contributed by atoms with Gasteiger partial charge >= 0.3 is 0 Å². The van der Waals surface area contributed by atoms with E-state index in [1.54, 1.807) is 0 Å². The summed E-state index contributed by atoms with van der Waals surface area (Å²) in [4.78, 5) is 2.43. The van der Waals surface area contributed by atoms with Gasteiger partial charge in [-0.2, -0.15) is 0 Å². The van der Waals surface area contributed by atoms with Crippen molar-refractivity contribution >= 4 is 28.9 Å². The van der Waals surface area contributed by atoms with Crippen LogP contribution < -0.4 is 4.90 Å². The third kappa shape index (κ3) is 2.83. The molecule has 1 nitrogen and oxygen atoms in total. The van der Waals surface area contributed by atoms with Crippen LogP contribution in [0.15, 0.2) is 18.2 Å². The van der Waals surface area contributed by atoms with Crippen molar-refractivity contribution in [2.24, 2.45) is 0 Å². The standard InChI is InChI=1S/C13H17Cl2N/c14-10-11-5-6-12(15)9-13(11)16-7-3-1-2-4-8-16/h5-6,9H,1-4,7-8,10H2. The van der Waals surface area contributed by atoms with Crippen LogP contribution in [0.2, 0.25) is 5.02 Å². The number of hydrogen-bond acceptors (Lipinski definition) is 1. The molecule has 0 spiro atoms. The molecule has 1 fully saturated rings. The van der Waals surface area contributed by atoms with Crippen molar-refractivity contribution < 1.29 is 0 Å². The molecule has 0 N–H and O–H groups in total. The van der Waals surface area contributed by atoms with Gasteiger partial charge in [0, 0.05) is 29.7 Å². The number of halogens is 2. The highest BCUT2D eigenvalue weighted by Gasteiger charge is 2.13. The maximum Gasteiger partial charge on any atom is 0.0494 e. The number of benzene rings is 1. The molecule has 0 radical (unpaired) electrons. The van der Waals surface area contributed by atoms with Crippen molar-refractivity contribution in [3.05, 3.63) is 28.8 Å². The van der Waals surface area contributed by atoms with Gasteiger partial charge in [0.2, 0.25) is 0 Å². The molecule has 0 aliphatic carbocycles. The third-order valence-electron chi connectivity index (χ3n) is 3.14. The van der Waals surface area contributed by atoms with Gasteiger partial charge in [-0.25, -0.2) is 0 Å². The van der Waals surface area contributed by atoms with Gasteiger partial charge in [-0.3, -0.25) is 0 Å². The van der Waals surface area contributed by atoms with E-state index >= 15 is 0 Å². The molecular weight excluding hydrogens is 241 g/mol. The van der Waals surface area contributed by atoms with E-state index < -0.39 is 0 Å². The molecule has 0 saturated carbocycles. The summed E-state index contributed by atoms with van der Waals surface area (Å²) in [5.41, 5.74) is 2.41. The fourth-order valence-corrected chi connectivity index (χ4v) is 2.65. The van der Waals surface area contributed by atoms with Crippen molar-refractivity contribution in [3.63, 3.8) is 0 Å². The topological polar surface area (TPSA) is 3.24 Å². The van der Waals surface area contributed by atoms with Gasteiger partial charge < -0.3 is 4.90 Å². The zero-order valence-electron chi connectivity index (χ0n) is 9.38.